The van der Waals surface area contributed by atoms with E-state index in [0.29, 0.717) is 13.0 Å². The van der Waals surface area contributed by atoms with Gasteiger partial charge in [0, 0.05) is 19.6 Å². The van der Waals surface area contributed by atoms with Gasteiger partial charge in [-0.05, 0) is 51.4 Å². The van der Waals surface area contributed by atoms with Gasteiger partial charge >= 0.3 is 13.8 Å². The Labute approximate surface area is 269 Å². The molecule has 0 saturated heterocycles. The van der Waals surface area contributed by atoms with Crippen LogP contribution in [-0.2, 0) is 27.9 Å². The smallest absolute Gasteiger partial charge is 0.457 e. The first-order chi connectivity index (χ1) is 21.4. The van der Waals surface area contributed by atoms with Crippen LogP contribution in [0.4, 0.5) is 0 Å². The van der Waals surface area contributed by atoms with Gasteiger partial charge in [-0.2, -0.15) is 0 Å². The highest BCUT2D eigenvalue weighted by Crippen LogP contribution is 2.43. The van der Waals surface area contributed by atoms with E-state index < -0.39 is 13.9 Å². The van der Waals surface area contributed by atoms with E-state index in [2.05, 4.69) is 55.5 Å². The van der Waals surface area contributed by atoms with Gasteiger partial charge in [-0.3, -0.25) is 13.8 Å². The molecule has 0 rings (SSSR count). The molecule has 9 heteroatoms. The SMILES string of the molecule is CC/C=C\C/C=C\C/C=C\C/C=C\CCCCCCCCCCCCCOCC(COP(=O)(O)OCCN)OC(=O)CCC. The van der Waals surface area contributed by atoms with Crippen molar-refractivity contribution in [2.24, 2.45) is 5.73 Å². The van der Waals surface area contributed by atoms with Crippen LogP contribution >= 0.6 is 7.82 Å². The number of phosphoric acid groups is 1. The van der Waals surface area contributed by atoms with Gasteiger partial charge in [0.2, 0.25) is 0 Å². The minimum Gasteiger partial charge on any atom is -0.457 e. The Hall–Kier alpha value is -1.54. The molecular weight excluding hydrogens is 577 g/mol. The monoisotopic (exact) mass is 641 g/mol. The molecule has 0 spiro atoms. The summed E-state index contributed by atoms with van der Waals surface area (Å²) in [5, 5.41) is 0. The Morgan fingerprint density at radius 1 is 0.705 bits per heavy atom. The maximum atomic E-state index is 11.9. The number of phosphoric ester groups is 1. The van der Waals surface area contributed by atoms with Crippen molar-refractivity contribution in [2.75, 3.05) is 33.0 Å². The van der Waals surface area contributed by atoms with Gasteiger partial charge < -0.3 is 20.1 Å². The van der Waals surface area contributed by atoms with Crippen LogP contribution in [0, 0.1) is 0 Å². The summed E-state index contributed by atoms with van der Waals surface area (Å²) < 4.78 is 32.5. The summed E-state index contributed by atoms with van der Waals surface area (Å²) in [7, 11) is -4.24. The van der Waals surface area contributed by atoms with Crippen LogP contribution in [0.15, 0.2) is 48.6 Å². The zero-order valence-corrected chi connectivity index (χ0v) is 28.8. The second-order valence-corrected chi connectivity index (χ2v) is 12.5. The summed E-state index contributed by atoms with van der Waals surface area (Å²) in [6.45, 7) is 4.41. The van der Waals surface area contributed by atoms with Crippen molar-refractivity contribution in [3.8, 4) is 0 Å². The topological polar surface area (TPSA) is 117 Å². The number of carbonyl (C=O) groups excluding carboxylic acids is 1. The number of allylic oxidation sites excluding steroid dienone is 8. The standard InChI is InChI=1S/C35H64NO7P/c1-3-5-6-7-8-9-10-11-12-13-14-15-16-17-18-19-20-21-22-23-24-25-26-27-30-40-32-34(43-35(37)28-4-2)33-42-44(38,39)41-31-29-36/h5-6,8-9,11-12,14-15,34H,3-4,7,10,13,16-33,36H2,1-2H3,(H,38,39)/b6-5-,9-8-,12-11-,15-14-. The maximum absolute atomic E-state index is 11.9. The molecule has 0 aromatic heterocycles. The average Bonchev–Trinajstić information content (AvgIpc) is 3.00. The Morgan fingerprint density at radius 2 is 1.23 bits per heavy atom. The molecule has 0 amide bonds. The van der Waals surface area contributed by atoms with Crippen molar-refractivity contribution < 1.29 is 32.8 Å². The summed E-state index contributed by atoms with van der Waals surface area (Å²) in [5.41, 5.74) is 5.28. The Kier molecular flexibility index (Phi) is 31.7. The molecule has 0 saturated carbocycles. The summed E-state index contributed by atoms with van der Waals surface area (Å²) in [6, 6.07) is 0. The summed E-state index contributed by atoms with van der Waals surface area (Å²) in [4.78, 5) is 21.5. The molecule has 44 heavy (non-hydrogen) atoms. The van der Waals surface area contributed by atoms with Gasteiger partial charge in [0.15, 0.2) is 0 Å². The molecule has 256 valence electrons. The summed E-state index contributed by atoms with van der Waals surface area (Å²) >= 11 is 0. The Balaban J connectivity index is 3.67. The minimum atomic E-state index is -4.24. The third-order valence-corrected chi connectivity index (χ3v) is 7.71. The number of rotatable bonds is 32. The van der Waals surface area contributed by atoms with Crippen molar-refractivity contribution in [1.29, 1.82) is 0 Å². The van der Waals surface area contributed by atoms with Crippen molar-refractivity contribution in [2.45, 2.75) is 136 Å². The lowest BCUT2D eigenvalue weighted by Gasteiger charge is -2.19. The van der Waals surface area contributed by atoms with E-state index in [1.807, 2.05) is 6.92 Å². The number of hydrogen-bond acceptors (Lipinski definition) is 7. The number of nitrogens with two attached hydrogens (primary N) is 1. The highest BCUT2D eigenvalue weighted by molar-refractivity contribution is 7.47. The molecule has 2 unspecified atom stereocenters. The van der Waals surface area contributed by atoms with Gasteiger partial charge in [0.05, 0.1) is 19.8 Å². The van der Waals surface area contributed by atoms with E-state index >= 15 is 0 Å². The number of esters is 1. The molecule has 0 aliphatic rings. The molecule has 0 heterocycles. The van der Waals surface area contributed by atoms with Gasteiger partial charge in [0.25, 0.3) is 0 Å². The van der Waals surface area contributed by atoms with Crippen LogP contribution in [0.1, 0.15) is 129 Å². The predicted molar refractivity (Wildman–Crippen MR) is 182 cm³/mol. The van der Waals surface area contributed by atoms with Crippen molar-refractivity contribution in [3.63, 3.8) is 0 Å². The van der Waals surface area contributed by atoms with Crippen molar-refractivity contribution in [3.05, 3.63) is 48.6 Å². The summed E-state index contributed by atoms with van der Waals surface area (Å²) in [5.74, 6) is -0.387. The lowest BCUT2D eigenvalue weighted by molar-refractivity contribution is -0.154. The highest BCUT2D eigenvalue weighted by atomic mass is 31.2. The number of ether oxygens (including phenoxy) is 2. The van der Waals surface area contributed by atoms with Crippen LogP contribution in [0.25, 0.3) is 0 Å². The number of hydrogen-bond donors (Lipinski definition) is 2. The molecule has 0 aliphatic carbocycles. The van der Waals surface area contributed by atoms with Crippen LogP contribution < -0.4 is 5.73 Å². The van der Waals surface area contributed by atoms with Gasteiger partial charge in [-0.1, -0.05) is 120 Å². The van der Waals surface area contributed by atoms with Crippen LogP contribution in [0.2, 0.25) is 0 Å². The fraction of sp³-hybridized carbons (Fsp3) is 0.743. The van der Waals surface area contributed by atoms with Crippen LogP contribution in [0.5, 0.6) is 0 Å². The normalized spacial score (nSPS) is 14.4. The van der Waals surface area contributed by atoms with Gasteiger partial charge in [0.1, 0.15) is 6.10 Å². The largest absolute Gasteiger partial charge is 0.472 e. The third kappa shape index (κ3) is 31.9. The van der Waals surface area contributed by atoms with E-state index in [4.69, 9.17) is 24.3 Å². The van der Waals surface area contributed by atoms with E-state index in [9.17, 15) is 14.3 Å². The molecule has 0 aliphatic heterocycles. The van der Waals surface area contributed by atoms with Crippen LogP contribution in [0.3, 0.4) is 0 Å². The summed E-state index contributed by atoms with van der Waals surface area (Å²) in [6.07, 6.45) is 37.2. The quantitative estimate of drug-likeness (QED) is 0.0323. The van der Waals surface area contributed by atoms with E-state index in [1.165, 1.54) is 64.2 Å². The Morgan fingerprint density at radius 3 is 1.77 bits per heavy atom. The van der Waals surface area contributed by atoms with Crippen molar-refractivity contribution >= 4 is 13.8 Å². The molecule has 0 radical (unpaired) electrons. The molecule has 0 aromatic carbocycles. The molecule has 0 aromatic rings. The lowest BCUT2D eigenvalue weighted by atomic mass is 10.1. The highest BCUT2D eigenvalue weighted by Gasteiger charge is 2.25. The fourth-order valence-corrected chi connectivity index (χ4v) is 5.08. The molecular formula is C35H64NO7P. The minimum absolute atomic E-state index is 0.0974. The first-order valence-corrected chi connectivity index (χ1v) is 18.6. The molecule has 2 atom stereocenters. The number of unbranched alkanes of at least 4 members (excludes halogenated alkanes) is 11. The van der Waals surface area contributed by atoms with Gasteiger partial charge in [-0.25, -0.2) is 4.57 Å². The van der Waals surface area contributed by atoms with Crippen molar-refractivity contribution in [1.82, 2.24) is 0 Å². The third-order valence-electron chi connectivity index (χ3n) is 6.73. The molecule has 0 bridgehead atoms. The van der Waals surface area contributed by atoms with E-state index in [1.54, 1.807) is 0 Å². The molecule has 8 nitrogen and oxygen atoms in total. The predicted octanol–water partition coefficient (Wildman–Crippen LogP) is 9.29. The van der Waals surface area contributed by atoms with E-state index in [-0.39, 0.29) is 38.8 Å². The molecule has 3 N–H and O–H groups in total. The zero-order chi connectivity index (χ0) is 32.4. The Bertz CT molecular complexity index is 813. The zero-order valence-electron chi connectivity index (χ0n) is 27.9. The number of carbonyl (C=O) groups is 1. The fourth-order valence-electron chi connectivity index (χ4n) is 4.32. The second kappa shape index (κ2) is 32.8. The molecule has 0 fully saturated rings. The van der Waals surface area contributed by atoms with Gasteiger partial charge in [-0.15, -0.1) is 0 Å². The van der Waals surface area contributed by atoms with E-state index in [0.717, 1.165) is 38.5 Å². The lowest BCUT2D eigenvalue weighted by Crippen LogP contribution is -2.28. The first kappa shape index (κ1) is 42.5. The second-order valence-electron chi connectivity index (χ2n) is 11.0. The maximum Gasteiger partial charge on any atom is 0.472 e. The average molecular weight is 642 g/mol. The van der Waals surface area contributed by atoms with Crippen LogP contribution in [-0.4, -0.2) is 49.9 Å². The first-order valence-electron chi connectivity index (χ1n) is 17.1.